The highest BCUT2D eigenvalue weighted by Crippen LogP contribution is 2.13. The molecule has 0 saturated carbocycles. The molecule has 0 amide bonds. The molecule has 0 spiro atoms. The van der Waals surface area contributed by atoms with E-state index in [-0.39, 0.29) is 5.56 Å². The Hall–Kier alpha value is -2.14. The fraction of sp³-hybridized carbons (Fsp3) is 0.143. The van der Waals surface area contributed by atoms with E-state index in [2.05, 4.69) is 9.97 Å². The second kappa shape index (κ2) is 5.67. The Morgan fingerprint density at radius 2 is 1.79 bits per heavy atom. The van der Waals surface area contributed by atoms with E-state index in [4.69, 9.17) is 12.2 Å². The molecule has 19 heavy (non-hydrogen) atoms. The summed E-state index contributed by atoms with van der Waals surface area (Å²) in [6.45, 7) is 0. The Balaban J connectivity index is 2.22. The lowest BCUT2D eigenvalue weighted by Crippen LogP contribution is -2.07. The molecule has 0 unspecified atom stereocenters. The molecule has 1 heterocycles. The van der Waals surface area contributed by atoms with Crippen molar-refractivity contribution in [2.45, 2.75) is 0 Å². The Bertz CT molecular complexity index is 667. The third-order valence-electron chi connectivity index (χ3n) is 2.65. The van der Waals surface area contributed by atoms with Gasteiger partial charge in [-0.05, 0) is 36.0 Å². The molecule has 0 radical (unpaired) electrons. The minimum atomic E-state index is -0.202. The average molecular weight is 273 g/mol. The molecule has 98 valence electrons. The zero-order chi connectivity index (χ0) is 13.8. The van der Waals surface area contributed by atoms with Gasteiger partial charge in [0.05, 0.1) is 0 Å². The van der Waals surface area contributed by atoms with Crippen LogP contribution in [0.5, 0.6) is 0 Å². The fourth-order valence-electron chi connectivity index (χ4n) is 1.65. The van der Waals surface area contributed by atoms with Crippen LogP contribution in [0.25, 0.3) is 12.2 Å². The van der Waals surface area contributed by atoms with Crippen molar-refractivity contribution in [2.24, 2.45) is 0 Å². The maximum absolute atomic E-state index is 11.3. The number of H-pyrrole nitrogens is 2. The van der Waals surface area contributed by atoms with Crippen LogP contribution in [0.3, 0.4) is 0 Å². The third-order valence-corrected chi connectivity index (χ3v) is 2.85. The molecule has 0 saturated heterocycles. The summed E-state index contributed by atoms with van der Waals surface area (Å²) in [4.78, 5) is 18.7. The van der Waals surface area contributed by atoms with E-state index in [1.165, 1.54) is 6.07 Å². The van der Waals surface area contributed by atoms with Gasteiger partial charge in [-0.1, -0.05) is 18.2 Å². The number of nitrogens with zero attached hydrogens (tertiary/aromatic N) is 1. The van der Waals surface area contributed by atoms with Gasteiger partial charge in [0, 0.05) is 31.5 Å². The lowest BCUT2D eigenvalue weighted by molar-refractivity contribution is 1.08. The molecule has 0 bridgehead atoms. The van der Waals surface area contributed by atoms with Crippen LogP contribution in [-0.2, 0) is 0 Å². The smallest absolute Gasteiger partial charge is 0.252 e. The maximum atomic E-state index is 11.3. The molecular weight excluding hydrogens is 258 g/mol. The summed E-state index contributed by atoms with van der Waals surface area (Å²) in [6.07, 6.45) is 3.76. The Morgan fingerprint density at radius 1 is 1.11 bits per heavy atom. The minimum Gasteiger partial charge on any atom is -0.378 e. The van der Waals surface area contributed by atoms with E-state index in [0.29, 0.717) is 10.5 Å². The number of hydrogen-bond acceptors (Lipinski definition) is 3. The highest BCUT2D eigenvalue weighted by molar-refractivity contribution is 7.71. The Kier molecular flexibility index (Phi) is 3.97. The topological polar surface area (TPSA) is 51.9 Å². The normalized spacial score (nSPS) is 10.8. The largest absolute Gasteiger partial charge is 0.378 e. The molecule has 2 aromatic rings. The number of benzene rings is 1. The number of hydrogen-bond donors (Lipinski definition) is 2. The molecule has 2 N–H and O–H groups in total. The van der Waals surface area contributed by atoms with Crippen molar-refractivity contribution in [1.29, 1.82) is 0 Å². The summed E-state index contributed by atoms with van der Waals surface area (Å²) >= 11 is 4.91. The van der Waals surface area contributed by atoms with Crippen molar-refractivity contribution >= 4 is 30.1 Å². The Labute approximate surface area is 116 Å². The zero-order valence-electron chi connectivity index (χ0n) is 10.8. The van der Waals surface area contributed by atoms with Crippen LogP contribution in [0.15, 0.2) is 35.1 Å². The first-order chi connectivity index (χ1) is 9.04. The van der Waals surface area contributed by atoms with Crippen molar-refractivity contribution in [3.8, 4) is 0 Å². The highest BCUT2D eigenvalue weighted by Gasteiger charge is 1.94. The van der Waals surface area contributed by atoms with E-state index in [0.717, 1.165) is 11.3 Å². The van der Waals surface area contributed by atoms with Gasteiger partial charge in [-0.3, -0.25) is 9.78 Å². The maximum Gasteiger partial charge on any atom is 0.252 e. The second-order valence-corrected chi connectivity index (χ2v) is 4.77. The first kappa shape index (κ1) is 13.3. The van der Waals surface area contributed by atoms with E-state index in [1.807, 2.05) is 55.4 Å². The summed E-state index contributed by atoms with van der Waals surface area (Å²) in [5.41, 5.74) is 2.69. The number of aromatic amines is 2. The number of aromatic nitrogens is 2. The molecule has 1 aromatic carbocycles. The van der Waals surface area contributed by atoms with Gasteiger partial charge in [-0.25, -0.2) is 0 Å². The third kappa shape index (κ3) is 3.66. The summed E-state index contributed by atoms with van der Waals surface area (Å²) in [5, 5.41) is 0. The number of nitrogens with one attached hydrogen (secondary N) is 2. The quantitative estimate of drug-likeness (QED) is 0.845. The molecule has 0 aliphatic rings. The molecule has 0 aliphatic carbocycles. The van der Waals surface area contributed by atoms with Crippen LogP contribution in [0.1, 0.15) is 11.3 Å². The minimum absolute atomic E-state index is 0.202. The molecule has 5 heteroatoms. The van der Waals surface area contributed by atoms with Crippen molar-refractivity contribution in [3.05, 3.63) is 56.7 Å². The molecule has 0 fully saturated rings. The average Bonchev–Trinajstić information content (AvgIpc) is 2.36. The molecule has 2 rings (SSSR count). The van der Waals surface area contributed by atoms with Gasteiger partial charge >= 0.3 is 0 Å². The van der Waals surface area contributed by atoms with E-state index in [1.54, 1.807) is 0 Å². The van der Waals surface area contributed by atoms with Crippen molar-refractivity contribution in [1.82, 2.24) is 9.97 Å². The SMILES string of the molecule is CN(C)c1ccc(/C=C/c2cc(=O)[nH]c(=S)[nH]2)cc1. The van der Waals surface area contributed by atoms with Crippen LogP contribution < -0.4 is 10.5 Å². The van der Waals surface area contributed by atoms with E-state index in [9.17, 15) is 4.79 Å². The van der Waals surface area contributed by atoms with Crippen LogP contribution in [0, 0.1) is 4.77 Å². The fourth-order valence-corrected chi connectivity index (χ4v) is 1.87. The number of anilines is 1. The standard InChI is InChI=1S/C14H15N3OS/c1-17(2)12-7-4-10(5-8-12)3-6-11-9-13(18)16-14(19)15-11/h3-9H,1-2H3,(H2,15,16,18,19)/b6-3+. The van der Waals surface area contributed by atoms with E-state index < -0.39 is 0 Å². The zero-order valence-corrected chi connectivity index (χ0v) is 11.6. The van der Waals surface area contributed by atoms with Crippen LogP contribution >= 0.6 is 12.2 Å². The lowest BCUT2D eigenvalue weighted by atomic mass is 10.2. The number of rotatable bonds is 3. The van der Waals surface area contributed by atoms with Gasteiger partial charge in [0.2, 0.25) is 0 Å². The highest BCUT2D eigenvalue weighted by atomic mass is 32.1. The van der Waals surface area contributed by atoms with Crippen LogP contribution in [0.2, 0.25) is 0 Å². The van der Waals surface area contributed by atoms with Gasteiger partial charge in [0.1, 0.15) is 0 Å². The van der Waals surface area contributed by atoms with Crippen molar-refractivity contribution in [3.63, 3.8) is 0 Å². The van der Waals surface area contributed by atoms with Crippen LogP contribution in [0.4, 0.5) is 5.69 Å². The molecule has 4 nitrogen and oxygen atoms in total. The van der Waals surface area contributed by atoms with Crippen LogP contribution in [-0.4, -0.2) is 24.1 Å². The van der Waals surface area contributed by atoms with Crippen molar-refractivity contribution in [2.75, 3.05) is 19.0 Å². The first-order valence-corrected chi connectivity index (χ1v) is 6.24. The summed E-state index contributed by atoms with van der Waals surface area (Å²) in [6, 6.07) is 9.60. The summed E-state index contributed by atoms with van der Waals surface area (Å²) in [5.74, 6) is 0. The molecule has 1 aromatic heterocycles. The summed E-state index contributed by atoms with van der Waals surface area (Å²) < 4.78 is 0.329. The molecule has 0 atom stereocenters. The monoisotopic (exact) mass is 273 g/mol. The molecular formula is C14H15N3OS. The van der Waals surface area contributed by atoms with Gasteiger partial charge in [0.25, 0.3) is 5.56 Å². The summed E-state index contributed by atoms with van der Waals surface area (Å²) in [7, 11) is 4.00. The van der Waals surface area contributed by atoms with Gasteiger partial charge in [-0.2, -0.15) is 0 Å². The predicted molar refractivity (Wildman–Crippen MR) is 81.9 cm³/mol. The van der Waals surface area contributed by atoms with Gasteiger partial charge in [0.15, 0.2) is 4.77 Å². The van der Waals surface area contributed by atoms with Gasteiger partial charge in [-0.15, -0.1) is 0 Å². The van der Waals surface area contributed by atoms with Crippen molar-refractivity contribution < 1.29 is 0 Å². The second-order valence-electron chi connectivity index (χ2n) is 4.36. The lowest BCUT2D eigenvalue weighted by Gasteiger charge is -2.11. The predicted octanol–water partition coefficient (Wildman–Crippen LogP) is 2.67. The first-order valence-electron chi connectivity index (χ1n) is 5.84. The Morgan fingerprint density at radius 3 is 2.37 bits per heavy atom. The van der Waals surface area contributed by atoms with E-state index >= 15 is 0 Å². The van der Waals surface area contributed by atoms with Gasteiger partial charge < -0.3 is 9.88 Å². The molecule has 0 aliphatic heterocycles.